The van der Waals surface area contributed by atoms with Crippen molar-refractivity contribution >= 4 is 23.0 Å². The van der Waals surface area contributed by atoms with Crippen LogP contribution in [0.3, 0.4) is 0 Å². The van der Waals surface area contributed by atoms with Crippen molar-refractivity contribution < 1.29 is 23.1 Å². The monoisotopic (exact) mass is 390 g/mol. The molecular formula is C21H21F3N2O2. The Balaban J connectivity index is 1.71. The van der Waals surface area contributed by atoms with E-state index in [0.29, 0.717) is 31.6 Å². The van der Waals surface area contributed by atoms with Gasteiger partial charge in [0.15, 0.2) is 0 Å². The number of aliphatic carboxylic acids is 1. The van der Waals surface area contributed by atoms with Crippen molar-refractivity contribution in [1.29, 1.82) is 0 Å². The molecule has 0 spiro atoms. The van der Waals surface area contributed by atoms with Crippen LogP contribution in [0.1, 0.15) is 25.3 Å². The van der Waals surface area contributed by atoms with Gasteiger partial charge in [0.25, 0.3) is 0 Å². The smallest absolute Gasteiger partial charge is 0.416 e. The molecule has 0 unspecified atom stereocenters. The van der Waals surface area contributed by atoms with Crippen LogP contribution in [-0.2, 0) is 11.0 Å². The summed E-state index contributed by atoms with van der Waals surface area (Å²) in [5.41, 5.74) is 1.12. The van der Waals surface area contributed by atoms with Crippen LogP contribution in [0.15, 0.2) is 48.5 Å². The molecule has 2 aliphatic rings. The van der Waals surface area contributed by atoms with Crippen LogP contribution < -0.4 is 9.80 Å². The molecule has 0 amide bonds. The molecule has 2 aliphatic heterocycles. The number of rotatable bonds is 2. The average molecular weight is 390 g/mol. The number of hydrogen-bond donors (Lipinski definition) is 1. The van der Waals surface area contributed by atoms with Gasteiger partial charge >= 0.3 is 12.1 Å². The Morgan fingerprint density at radius 1 is 1.11 bits per heavy atom. The molecule has 0 saturated carbocycles. The van der Waals surface area contributed by atoms with Gasteiger partial charge in [-0.25, -0.2) is 0 Å². The first-order valence-corrected chi connectivity index (χ1v) is 9.23. The zero-order valence-electron chi connectivity index (χ0n) is 15.4. The molecule has 148 valence electrons. The molecule has 2 aromatic rings. The molecule has 4 nitrogen and oxygen atoms in total. The number of piperidine rings is 1. The lowest BCUT2D eigenvalue weighted by atomic mass is 9.76. The van der Waals surface area contributed by atoms with E-state index in [-0.39, 0.29) is 6.04 Å². The lowest BCUT2D eigenvalue weighted by Crippen LogP contribution is -2.55. The lowest BCUT2D eigenvalue weighted by molar-refractivity contribution is -0.149. The molecule has 1 fully saturated rings. The highest BCUT2D eigenvalue weighted by atomic mass is 19.4. The van der Waals surface area contributed by atoms with E-state index in [1.807, 2.05) is 29.2 Å². The molecule has 2 aromatic carbocycles. The van der Waals surface area contributed by atoms with Crippen LogP contribution in [0, 0.1) is 5.41 Å². The number of hydrogen-bond acceptors (Lipinski definition) is 3. The van der Waals surface area contributed by atoms with E-state index >= 15 is 0 Å². The number of para-hydroxylation sites is 2. The van der Waals surface area contributed by atoms with Gasteiger partial charge in [-0.1, -0.05) is 12.1 Å². The van der Waals surface area contributed by atoms with Crippen LogP contribution in [0.5, 0.6) is 0 Å². The highest BCUT2D eigenvalue weighted by Gasteiger charge is 2.45. The van der Waals surface area contributed by atoms with Crippen molar-refractivity contribution in [3.8, 4) is 0 Å². The van der Waals surface area contributed by atoms with Gasteiger partial charge in [-0.3, -0.25) is 4.79 Å². The SMILES string of the molecule is C[C@]1(C(=O)O)CCN2c3ccccc3N(c3ccc(C(F)(F)F)cc3)C[C@H]2C1. The maximum absolute atomic E-state index is 12.9. The first kappa shape index (κ1) is 18.7. The third-order valence-electron chi connectivity index (χ3n) is 5.93. The third-order valence-corrected chi connectivity index (χ3v) is 5.93. The first-order chi connectivity index (χ1) is 13.2. The van der Waals surface area contributed by atoms with Gasteiger partial charge in [0.1, 0.15) is 0 Å². The van der Waals surface area contributed by atoms with E-state index in [1.54, 1.807) is 6.92 Å². The second-order valence-electron chi connectivity index (χ2n) is 7.81. The van der Waals surface area contributed by atoms with Gasteiger partial charge in [0.05, 0.1) is 22.4 Å². The molecule has 28 heavy (non-hydrogen) atoms. The largest absolute Gasteiger partial charge is 0.481 e. The average Bonchev–Trinajstić information content (AvgIpc) is 2.66. The Morgan fingerprint density at radius 2 is 1.75 bits per heavy atom. The molecule has 4 rings (SSSR count). The Bertz CT molecular complexity index is 897. The second-order valence-corrected chi connectivity index (χ2v) is 7.81. The first-order valence-electron chi connectivity index (χ1n) is 9.23. The number of carbonyl (C=O) groups is 1. The van der Waals surface area contributed by atoms with Gasteiger partial charge in [-0.2, -0.15) is 13.2 Å². The summed E-state index contributed by atoms with van der Waals surface area (Å²) < 4.78 is 38.7. The molecule has 0 bridgehead atoms. The van der Waals surface area contributed by atoms with Crippen LogP contribution in [-0.4, -0.2) is 30.2 Å². The summed E-state index contributed by atoms with van der Waals surface area (Å²) in [5.74, 6) is -0.799. The molecule has 2 atom stereocenters. The number of benzene rings is 2. The van der Waals surface area contributed by atoms with E-state index < -0.39 is 23.1 Å². The van der Waals surface area contributed by atoms with Gasteiger partial charge in [0, 0.05) is 24.8 Å². The van der Waals surface area contributed by atoms with Crippen molar-refractivity contribution in [2.24, 2.45) is 5.41 Å². The molecule has 0 radical (unpaired) electrons. The summed E-state index contributed by atoms with van der Waals surface area (Å²) >= 11 is 0. The maximum atomic E-state index is 12.9. The number of anilines is 3. The quantitative estimate of drug-likeness (QED) is 0.791. The van der Waals surface area contributed by atoms with E-state index in [4.69, 9.17) is 0 Å². The number of carboxylic acid groups (broad SMARTS) is 1. The van der Waals surface area contributed by atoms with Gasteiger partial charge in [-0.05, 0) is 56.2 Å². The molecule has 7 heteroatoms. The topological polar surface area (TPSA) is 43.8 Å². The summed E-state index contributed by atoms with van der Waals surface area (Å²) in [6.45, 7) is 2.95. The predicted molar refractivity (Wildman–Crippen MR) is 101 cm³/mol. The van der Waals surface area contributed by atoms with E-state index in [1.165, 1.54) is 12.1 Å². The minimum atomic E-state index is -4.37. The Morgan fingerprint density at radius 3 is 2.36 bits per heavy atom. The fraction of sp³-hybridized carbons (Fsp3) is 0.381. The standard InChI is InChI=1S/C21H21F3N2O2/c1-20(19(27)28)10-11-25-16(12-20)13-26(18-5-3-2-4-17(18)25)15-8-6-14(7-9-15)21(22,23)24/h2-9,16H,10-13H2,1H3,(H,27,28)/t16-,20+/m1/s1. The van der Waals surface area contributed by atoms with E-state index in [2.05, 4.69) is 4.90 Å². The Labute approximate surface area is 161 Å². The summed E-state index contributed by atoms with van der Waals surface area (Å²) in [7, 11) is 0. The summed E-state index contributed by atoms with van der Waals surface area (Å²) in [5, 5.41) is 9.63. The lowest BCUT2D eigenvalue weighted by Gasteiger charge is -2.50. The van der Waals surface area contributed by atoms with Crippen LogP contribution in [0.4, 0.5) is 30.2 Å². The van der Waals surface area contributed by atoms with Gasteiger partial charge in [-0.15, -0.1) is 0 Å². The minimum Gasteiger partial charge on any atom is -0.481 e. The highest BCUT2D eigenvalue weighted by Crippen LogP contribution is 2.46. The van der Waals surface area contributed by atoms with Crippen LogP contribution in [0.2, 0.25) is 0 Å². The number of nitrogens with zero attached hydrogens (tertiary/aromatic N) is 2. The molecule has 0 aromatic heterocycles. The molecular weight excluding hydrogens is 369 g/mol. The van der Waals surface area contributed by atoms with Crippen molar-refractivity contribution in [2.75, 3.05) is 22.9 Å². The zero-order valence-corrected chi connectivity index (χ0v) is 15.4. The molecule has 1 N–H and O–H groups in total. The van der Waals surface area contributed by atoms with E-state index in [9.17, 15) is 23.1 Å². The Hall–Kier alpha value is -2.70. The van der Waals surface area contributed by atoms with Crippen molar-refractivity contribution in [2.45, 2.75) is 32.0 Å². The molecule has 2 heterocycles. The number of alkyl halides is 3. The molecule has 0 aliphatic carbocycles. The third kappa shape index (κ3) is 3.08. The van der Waals surface area contributed by atoms with Crippen LogP contribution in [0.25, 0.3) is 0 Å². The fourth-order valence-electron chi connectivity index (χ4n) is 4.28. The summed E-state index contributed by atoms with van der Waals surface area (Å²) in [6, 6.07) is 12.9. The minimum absolute atomic E-state index is 0.0213. The summed E-state index contributed by atoms with van der Waals surface area (Å²) in [6.07, 6.45) is -3.32. The Kier molecular flexibility index (Phi) is 4.28. The van der Waals surface area contributed by atoms with Crippen molar-refractivity contribution in [1.82, 2.24) is 0 Å². The fourth-order valence-corrected chi connectivity index (χ4v) is 4.28. The van der Waals surface area contributed by atoms with E-state index in [0.717, 1.165) is 23.5 Å². The second kappa shape index (κ2) is 6.43. The predicted octanol–water partition coefficient (Wildman–Crippen LogP) is 4.92. The number of fused-ring (bicyclic) bond motifs is 3. The normalized spacial score (nSPS) is 24.5. The number of carboxylic acids is 1. The molecule has 1 saturated heterocycles. The van der Waals surface area contributed by atoms with Crippen molar-refractivity contribution in [3.05, 3.63) is 54.1 Å². The number of halogens is 3. The van der Waals surface area contributed by atoms with Crippen LogP contribution >= 0.6 is 0 Å². The van der Waals surface area contributed by atoms with Gasteiger partial charge < -0.3 is 14.9 Å². The summed E-state index contributed by atoms with van der Waals surface area (Å²) in [4.78, 5) is 16.0. The highest BCUT2D eigenvalue weighted by molar-refractivity contribution is 5.81. The maximum Gasteiger partial charge on any atom is 0.416 e. The van der Waals surface area contributed by atoms with Gasteiger partial charge in [0.2, 0.25) is 0 Å². The zero-order chi connectivity index (χ0) is 20.1. The van der Waals surface area contributed by atoms with Crippen molar-refractivity contribution in [3.63, 3.8) is 0 Å².